The molecule has 0 radical (unpaired) electrons. The number of rotatable bonds is 5. The lowest BCUT2D eigenvalue weighted by atomic mass is 10.2. The van der Waals surface area contributed by atoms with Gasteiger partial charge in [0.05, 0.1) is 6.61 Å². The molecule has 0 aliphatic rings. The van der Waals surface area contributed by atoms with E-state index in [1.54, 1.807) is 0 Å². The van der Waals surface area contributed by atoms with Crippen LogP contribution in [0.2, 0.25) is 0 Å². The van der Waals surface area contributed by atoms with Gasteiger partial charge >= 0.3 is 12.1 Å². The first-order chi connectivity index (χ1) is 7.72. The smallest absolute Gasteiger partial charge is 0.406 e. The Morgan fingerprint density at radius 1 is 1.35 bits per heavy atom. The Bertz CT molecular complexity index is 281. The molecule has 0 saturated heterocycles. The number of alkyl halides is 3. The van der Waals surface area contributed by atoms with Crippen molar-refractivity contribution in [2.75, 3.05) is 19.7 Å². The molecule has 100 valence electrons. The first kappa shape index (κ1) is 15.7. The first-order valence-corrected chi connectivity index (χ1v) is 5.00. The summed E-state index contributed by atoms with van der Waals surface area (Å²) >= 11 is 0. The zero-order valence-electron chi connectivity index (χ0n) is 9.58. The summed E-state index contributed by atoms with van der Waals surface area (Å²) in [4.78, 5) is 23.0. The lowest BCUT2D eigenvalue weighted by Crippen LogP contribution is -2.51. The summed E-state index contributed by atoms with van der Waals surface area (Å²) in [6.45, 7) is 1.25. The maximum atomic E-state index is 12.1. The summed E-state index contributed by atoms with van der Waals surface area (Å²) < 4.78 is 40.8. The second kappa shape index (κ2) is 6.43. The van der Waals surface area contributed by atoms with Crippen LogP contribution in [0.4, 0.5) is 13.2 Å². The van der Waals surface area contributed by atoms with Gasteiger partial charge in [-0.3, -0.25) is 4.79 Å². The van der Waals surface area contributed by atoms with Crippen LogP contribution in [0.15, 0.2) is 0 Å². The van der Waals surface area contributed by atoms with Crippen LogP contribution < -0.4 is 5.73 Å². The van der Waals surface area contributed by atoms with Crippen LogP contribution >= 0.6 is 0 Å². The number of ether oxygens (including phenoxy) is 1. The van der Waals surface area contributed by atoms with Gasteiger partial charge in [0.2, 0.25) is 0 Å². The van der Waals surface area contributed by atoms with Gasteiger partial charge in [0.1, 0.15) is 6.54 Å². The molecule has 8 heteroatoms. The average Bonchev–Trinajstić information content (AvgIpc) is 2.23. The van der Waals surface area contributed by atoms with Crippen molar-refractivity contribution < 1.29 is 27.5 Å². The van der Waals surface area contributed by atoms with Crippen LogP contribution in [-0.4, -0.2) is 48.7 Å². The lowest BCUT2D eigenvalue weighted by Gasteiger charge is -2.24. The second-order valence-electron chi connectivity index (χ2n) is 3.20. The molecule has 0 rings (SSSR count). The van der Waals surface area contributed by atoms with E-state index < -0.39 is 30.6 Å². The van der Waals surface area contributed by atoms with Gasteiger partial charge in [-0.25, -0.2) is 4.79 Å². The second-order valence-corrected chi connectivity index (χ2v) is 3.20. The molecule has 0 aromatic heterocycles. The number of halogens is 3. The summed E-state index contributed by atoms with van der Waals surface area (Å²) in [5, 5.41) is 0. The van der Waals surface area contributed by atoms with Gasteiger partial charge < -0.3 is 15.4 Å². The minimum Gasteiger partial charge on any atom is -0.464 e. The minimum atomic E-state index is -4.53. The molecular formula is C9H15F3N2O3. The van der Waals surface area contributed by atoms with E-state index in [-0.39, 0.29) is 13.2 Å². The Labute approximate surface area is 96.7 Å². The molecular weight excluding hydrogens is 241 g/mol. The molecule has 1 amide bonds. The van der Waals surface area contributed by atoms with Crippen LogP contribution in [0.3, 0.4) is 0 Å². The molecule has 0 aromatic carbocycles. The van der Waals surface area contributed by atoms with Crippen LogP contribution in [0.1, 0.15) is 13.8 Å². The Kier molecular flexibility index (Phi) is 5.94. The number of likely N-dealkylation sites (N-methyl/N-ethyl adjacent to an activating group) is 1. The largest absolute Gasteiger partial charge is 0.464 e. The van der Waals surface area contributed by atoms with E-state index in [0.29, 0.717) is 4.90 Å². The van der Waals surface area contributed by atoms with Gasteiger partial charge in [0, 0.05) is 6.54 Å². The summed E-state index contributed by atoms with van der Waals surface area (Å²) in [5.41, 5.74) is 5.21. The van der Waals surface area contributed by atoms with E-state index in [1.165, 1.54) is 13.8 Å². The first-order valence-electron chi connectivity index (χ1n) is 5.00. The standard InChI is InChI=1S/C9H15F3N2O3/c1-3-14(5-9(10,11)12)7(15)6(13)8(16)17-4-2/h6H,3-5,13H2,1-2H3. The predicted octanol–water partition coefficient (Wildman–Crippen LogP) is 0.288. The molecule has 2 N–H and O–H groups in total. The molecule has 0 aliphatic heterocycles. The van der Waals surface area contributed by atoms with Crippen molar-refractivity contribution in [3.8, 4) is 0 Å². The van der Waals surface area contributed by atoms with Gasteiger partial charge in [0.25, 0.3) is 5.91 Å². The van der Waals surface area contributed by atoms with Gasteiger partial charge in [-0.05, 0) is 13.8 Å². The predicted molar refractivity (Wildman–Crippen MR) is 52.9 cm³/mol. The van der Waals surface area contributed by atoms with Crippen molar-refractivity contribution in [2.24, 2.45) is 5.73 Å². The molecule has 17 heavy (non-hydrogen) atoms. The van der Waals surface area contributed by atoms with E-state index in [0.717, 1.165) is 0 Å². The molecule has 1 atom stereocenters. The van der Waals surface area contributed by atoms with Crippen LogP contribution in [0.5, 0.6) is 0 Å². The summed E-state index contributed by atoms with van der Waals surface area (Å²) in [5.74, 6) is -2.12. The normalized spacial score (nSPS) is 13.1. The number of nitrogens with zero attached hydrogens (tertiary/aromatic N) is 1. The van der Waals surface area contributed by atoms with Crippen molar-refractivity contribution in [1.29, 1.82) is 0 Å². The number of esters is 1. The third kappa shape index (κ3) is 5.53. The van der Waals surface area contributed by atoms with Gasteiger partial charge in [-0.1, -0.05) is 0 Å². The van der Waals surface area contributed by atoms with Crippen molar-refractivity contribution in [1.82, 2.24) is 4.90 Å². The van der Waals surface area contributed by atoms with Crippen molar-refractivity contribution in [2.45, 2.75) is 26.1 Å². The Balaban J connectivity index is 4.58. The highest BCUT2D eigenvalue weighted by molar-refractivity contribution is 6.01. The average molecular weight is 256 g/mol. The number of carbonyl (C=O) groups excluding carboxylic acids is 2. The fourth-order valence-electron chi connectivity index (χ4n) is 1.09. The quantitative estimate of drug-likeness (QED) is 0.566. The maximum Gasteiger partial charge on any atom is 0.406 e. The number of carbonyl (C=O) groups is 2. The van der Waals surface area contributed by atoms with Crippen molar-refractivity contribution >= 4 is 11.9 Å². The number of hydrogen-bond donors (Lipinski definition) is 1. The minimum absolute atomic E-state index is 0.00517. The van der Waals surface area contributed by atoms with Crippen molar-refractivity contribution in [3.05, 3.63) is 0 Å². The number of amides is 1. The Morgan fingerprint density at radius 2 is 1.88 bits per heavy atom. The van der Waals surface area contributed by atoms with E-state index in [4.69, 9.17) is 5.73 Å². The van der Waals surface area contributed by atoms with Gasteiger partial charge in [-0.15, -0.1) is 0 Å². The maximum absolute atomic E-state index is 12.1. The third-order valence-corrected chi connectivity index (χ3v) is 1.87. The van der Waals surface area contributed by atoms with E-state index in [9.17, 15) is 22.8 Å². The molecule has 5 nitrogen and oxygen atoms in total. The molecule has 0 aliphatic carbocycles. The zero-order chi connectivity index (χ0) is 13.6. The molecule has 1 unspecified atom stereocenters. The van der Waals surface area contributed by atoms with Crippen LogP contribution in [-0.2, 0) is 14.3 Å². The molecule has 0 heterocycles. The molecule has 0 bridgehead atoms. The number of hydrogen-bond acceptors (Lipinski definition) is 4. The monoisotopic (exact) mass is 256 g/mol. The highest BCUT2D eigenvalue weighted by Crippen LogP contribution is 2.16. The lowest BCUT2D eigenvalue weighted by molar-refractivity contribution is -0.165. The topological polar surface area (TPSA) is 72.6 Å². The fourth-order valence-corrected chi connectivity index (χ4v) is 1.09. The summed E-state index contributed by atoms with van der Waals surface area (Å²) in [6, 6.07) is -1.71. The van der Waals surface area contributed by atoms with Crippen molar-refractivity contribution in [3.63, 3.8) is 0 Å². The van der Waals surface area contributed by atoms with Gasteiger partial charge in [0.15, 0.2) is 6.04 Å². The van der Waals surface area contributed by atoms with E-state index >= 15 is 0 Å². The molecule has 0 saturated carbocycles. The summed E-state index contributed by atoms with van der Waals surface area (Å²) in [6.07, 6.45) is -4.53. The van der Waals surface area contributed by atoms with Crippen LogP contribution in [0.25, 0.3) is 0 Å². The Morgan fingerprint density at radius 3 is 2.24 bits per heavy atom. The SMILES string of the molecule is CCOC(=O)C(N)C(=O)N(CC)CC(F)(F)F. The zero-order valence-corrected chi connectivity index (χ0v) is 9.58. The highest BCUT2D eigenvalue weighted by Gasteiger charge is 2.36. The molecule has 0 spiro atoms. The third-order valence-electron chi connectivity index (χ3n) is 1.87. The van der Waals surface area contributed by atoms with E-state index in [2.05, 4.69) is 4.74 Å². The Hall–Kier alpha value is -1.31. The fraction of sp³-hybridized carbons (Fsp3) is 0.778. The van der Waals surface area contributed by atoms with Gasteiger partial charge in [-0.2, -0.15) is 13.2 Å². The highest BCUT2D eigenvalue weighted by atomic mass is 19.4. The molecule has 0 aromatic rings. The van der Waals surface area contributed by atoms with E-state index in [1.807, 2.05) is 0 Å². The van der Waals surface area contributed by atoms with Crippen LogP contribution in [0, 0.1) is 0 Å². The molecule has 0 fully saturated rings. The number of nitrogens with two attached hydrogens (primary N) is 1. The summed E-state index contributed by atoms with van der Waals surface area (Å²) in [7, 11) is 0.